The third-order valence-corrected chi connectivity index (χ3v) is 3.37. The van der Waals surface area contributed by atoms with Gasteiger partial charge in [-0.25, -0.2) is 0 Å². The van der Waals surface area contributed by atoms with E-state index in [1.54, 1.807) is 0 Å². The van der Waals surface area contributed by atoms with Gasteiger partial charge in [0.05, 0.1) is 1.37 Å². The molecule has 102 valence electrons. The van der Waals surface area contributed by atoms with E-state index in [9.17, 15) is 0 Å². The summed E-state index contributed by atoms with van der Waals surface area (Å²) in [7, 11) is 0. The van der Waals surface area contributed by atoms with Crippen LogP contribution in [0.1, 0.15) is 80.4 Å². The Bertz CT molecular complexity index is 462. The molecule has 0 atom stereocenters. The van der Waals surface area contributed by atoms with Crippen LogP contribution in [0.2, 0.25) is 0 Å². The first-order valence-corrected chi connectivity index (χ1v) is 6.90. The molecule has 0 N–H and O–H groups in total. The van der Waals surface area contributed by atoms with Crippen LogP contribution in [0.15, 0.2) is 18.2 Å². The molecule has 0 aromatic heterocycles. The van der Waals surface area contributed by atoms with Gasteiger partial charge in [0.1, 0.15) is 0 Å². The highest BCUT2D eigenvalue weighted by Gasteiger charge is 2.26. The first-order chi connectivity index (χ1) is 8.24. The number of hydrogen-bond donors (Lipinski definition) is 0. The van der Waals surface area contributed by atoms with E-state index in [1.807, 2.05) is 0 Å². The van der Waals surface area contributed by atoms with Crippen molar-refractivity contribution in [3.8, 4) is 0 Å². The molecule has 0 aliphatic carbocycles. The molecule has 0 nitrogen and oxygen atoms in total. The monoisotopic (exact) mass is 247 g/mol. The van der Waals surface area contributed by atoms with Crippen molar-refractivity contribution in [3.05, 3.63) is 34.9 Å². The zero-order valence-electron chi connectivity index (χ0n) is 14.7. The first kappa shape index (κ1) is 13.6. The highest BCUT2D eigenvalue weighted by atomic mass is 14.3. The van der Waals surface area contributed by atoms with E-state index in [2.05, 4.69) is 74.4 Å². The lowest BCUT2D eigenvalue weighted by atomic mass is 9.73. The number of benzene rings is 1. The van der Waals surface area contributed by atoms with Crippen LogP contribution in [0.3, 0.4) is 0 Å². The van der Waals surface area contributed by atoms with Gasteiger partial charge < -0.3 is 0 Å². The lowest BCUT2D eigenvalue weighted by molar-refractivity contribution is 0.523. The molecule has 18 heavy (non-hydrogen) atoms. The molecule has 0 heteroatoms. The molecule has 1 aromatic rings. The minimum Gasteiger partial charge on any atom is -0.0582 e. The average molecular weight is 247 g/mol. The van der Waals surface area contributed by atoms with Crippen LogP contribution in [-0.4, -0.2) is 0 Å². The highest BCUT2D eigenvalue weighted by molar-refractivity contribution is 5.42. The van der Waals surface area contributed by atoms with E-state index in [0.29, 0.717) is 6.04 Å². The summed E-state index contributed by atoms with van der Waals surface area (Å²) in [4.78, 5) is 0. The summed E-state index contributed by atoms with van der Waals surface area (Å²) in [6, 6.07) is 5.05. The Kier molecular flexibility index (Phi) is 3.34. The molecule has 0 aliphatic rings. The molecule has 0 saturated carbocycles. The van der Waals surface area contributed by atoms with Gasteiger partial charge in [-0.15, -0.1) is 0 Å². The summed E-state index contributed by atoms with van der Waals surface area (Å²) in [5.74, 6) is 0. The molecule has 1 aromatic carbocycles. The van der Waals surface area contributed by atoms with Gasteiger partial charge in [-0.2, -0.15) is 0 Å². The zero-order valence-corrected chi connectivity index (χ0v) is 13.7. The van der Waals surface area contributed by atoms with E-state index >= 15 is 0 Å². The number of rotatable bonds is 0. The number of hydrogen-bond acceptors (Lipinski definition) is 0. The molecule has 0 unspecified atom stereocenters. The Morgan fingerprint density at radius 1 is 0.722 bits per heavy atom. The van der Waals surface area contributed by atoms with Crippen molar-refractivity contribution in [2.75, 3.05) is 0 Å². The molecule has 0 saturated heterocycles. The first-order valence-electron chi connectivity index (χ1n) is 7.40. The van der Waals surface area contributed by atoms with Gasteiger partial charge in [0.2, 0.25) is 0 Å². The van der Waals surface area contributed by atoms with Crippen molar-refractivity contribution in [2.45, 2.75) is 78.6 Å². The maximum Gasteiger partial charge on any atom is 0.0626 e. The average Bonchev–Trinajstić information content (AvgIpc) is 2.11. The van der Waals surface area contributed by atoms with Crippen LogP contribution in [0.4, 0.5) is 0 Å². The third-order valence-electron chi connectivity index (χ3n) is 3.37. The summed E-state index contributed by atoms with van der Waals surface area (Å²) in [6.07, 6.45) is 0. The van der Waals surface area contributed by atoms with E-state index in [1.165, 1.54) is 16.7 Å². The summed E-state index contributed by atoms with van der Waals surface area (Å²) >= 11 is 0. The molecule has 0 aliphatic heterocycles. The lowest BCUT2D eigenvalue weighted by Crippen LogP contribution is -2.23. The quantitative estimate of drug-likeness (QED) is 0.561. The molecule has 0 bridgehead atoms. The van der Waals surface area contributed by atoms with Crippen LogP contribution in [0.25, 0.3) is 0 Å². The largest absolute Gasteiger partial charge is 0.0626 e. The van der Waals surface area contributed by atoms with Crippen molar-refractivity contribution < 1.29 is 1.37 Å². The van der Waals surface area contributed by atoms with Gasteiger partial charge >= 0.3 is 0 Å². The van der Waals surface area contributed by atoms with Crippen molar-refractivity contribution >= 4 is 0 Å². The van der Waals surface area contributed by atoms with Crippen LogP contribution in [-0.2, 0) is 16.2 Å². The van der Waals surface area contributed by atoms with Crippen LogP contribution in [0, 0.1) is 0 Å². The SMILES string of the molecule is [2H]c1cc(C(C)(C)C)cc(C(C)(C)C)c1C(C)(C)C. The van der Waals surface area contributed by atoms with Crippen molar-refractivity contribution in [2.24, 2.45) is 0 Å². The highest BCUT2D eigenvalue weighted by Crippen LogP contribution is 2.36. The molecule has 0 amide bonds. The second kappa shape index (κ2) is 4.40. The fraction of sp³-hybridized carbons (Fsp3) is 0.667. The predicted molar refractivity (Wildman–Crippen MR) is 82.5 cm³/mol. The Balaban J connectivity index is 3.68. The standard InChI is InChI=1S/C18H30/c1-16(2,3)13-10-11-14(17(4,5)6)15(12-13)18(7,8)9/h10-12H,1-9H3/i11D. The maximum atomic E-state index is 8.47. The van der Waals surface area contributed by atoms with E-state index < -0.39 is 0 Å². The minimum atomic E-state index is 0.0100. The van der Waals surface area contributed by atoms with E-state index in [4.69, 9.17) is 1.37 Å². The Morgan fingerprint density at radius 3 is 1.50 bits per heavy atom. The maximum absolute atomic E-state index is 8.47. The zero-order chi connectivity index (χ0) is 15.2. The van der Waals surface area contributed by atoms with Gasteiger partial charge in [-0.3, -0.25) is 0 Å². The smallest absolute Gasteiger partial charge is 0.0582 e. The van der Waals surface area contributed by atoms with Crippen LogP contribution >= 0.6 is 0 Å². The lowest BCUT2D eigenvalue weighted by Gasteiger charge is -2.32. The summed E-state index contributed by atoms with van der Waals surface area (Å²) in [5, 5.41) is 0. The second-order valence-corrected chi connectivity index (χ2v) is 8.43. The van der Waals surface area contributed by atoms with Gasteiger partial charge in [0.25, 0.3) is 0 Å². The molecule has 1 rings (SSSR count). The molecular formula is C18H30. The minimum absolute atomic E-state index is 0.0100. The van der Waals surface area contributed by atoms with Gasteiger partial charge in [0.15, 0.2) is 0 Å². The Labute approximate surface area is 115 Å². The normalized spacial score (nSPS) is 14.6. The molecule has 0 heterocycles. The van der Waals surface area contributed by atoms with Gasteiger partial charge in [0, 0.05) is 0 Å². The fourth-order valence-corrected chi connectivity index (χ4v) is 2.14. The molecular weight excluding hydrogens is 216 g/mol. The van der Waals surface area contributed by atoms with E-state index in [-0.39, 0.29) is 16.2 Å². The van der Waals surface area contributed by atoms with Crippen molar-refractivity contribution in [1.82, 2.24) is 0 Å². The van der Waals surface area contributed by atoms with Crippen molar-refractivity contribution in [3.63, 3.8) is 0 Å². The van der Waals surface area contributed by atoms with Gasteiger partial charge in [-0.1, -0.05) is 80.5 Å². The van der Waals surface area contributed by atoms with E-state index in [0.717, 1.165) is 0 Å². The Morgan fingerprint density at radius 2 is 1.17 bits per heavy atom. The Hall–Kier alpha value is -0.780. The van der Waals surface area contributed by atoms with Crippen LogP contribution in [0.5, 0.6) is 0 Å². The predicted octanol–water partition coefficient (Wildman–Crippen LogP) is 5.58. The summed E-state index contributed by atoms with van der Waals surface area (Å²) < 4.78 is 8.47. The van der Waals surface area contributed by atoms with Crippen LogP contribution < -0.4 is 0 Å². The summed E-state index contributed by atoms with van der Waals surface area (Å²) in [5.41, 5.74) is 3.93. The topological polar surface area (TPSA) is 0 Å². The summed E-state index contributed by atoms with van der Waals surface area (Å²) in [6.45, 7) is 20.0. The van der Waals surface area contributed by atoms with Crippen molar-refractivity contribution in [1.29, 1.82) is 0 Å². The molecule has 0 fully saturated rings. The fourth-order valence-electron chi connectivity index (χ4n) is 2.14. The second-order valence-electron chi connectivity index (χ2n) is 8.43. The molecule has 0 radical (unpaired) electrons. The molecule has 0 spiro atoms. The third kappa shape index (κ3) is 3.37. The van der Waals surface area contributed by atoms with Gasteiger partial charge in [-0.05, 0) is 32.9 Å².